The second-order valence-corrected chi connectivity index (χ2v) is 6.15. The molecule has 2 heteroatoms. The van der Waals surface area contributed by atoms with Crippen LogP contribution < -0.4 is 0 Å². The first-order chi connectivity index (χ1) is 12.4. The third kappa shape index (κ3) is 2.87. The molecule has 0 atom stereocenters. The van der Waals surface area contributed by atoms with Gasteiger partial charge in [0.25, 0.3) is 0 Å². The lowest BCUT2D eigenvalue weighted by Crippen LogP contribution is -2.04. The topological polar surface area (TPSA) is 22.0 Å². The molecule has 0 aliphatic rings. The molecule has 4 aromatic rings. The van der Waals surface area contributed by atoms with Gasteiger partial charge in [0.1, 0.15) is 0 Å². The maximum Gasteiger partial charge on any atom is 0.152 e. The van der Waals surface area contributed by atoms with Crippen LogP contribution in [-0.2, 0) is 13.0 Å². The van der Waals surface area contributed by atoms with E-state index in [0.717, 1.165) is 47.0 Å². The molecule has 2 nitrogen and oxygen atoms in total. The van der Waals surface area contributed by atoms with E-state index in [1.54, 1.807) is 0 Å². The Kier molecular flexibility index (Phi) is 4.17. The van der Waals surface area contributed by atoms with E-state index in [4.69, 9.17) is 0 Å². The molecule has 0 saturated heterocycles. The number of carbonyl (C=O) groups excluding carboxylic acids is 1. The lowest BCUT2D eigenvalue weighted by molar-refractivity contribution is 0.112. The maximum absolute atomic E-state index is 11.9. The number of aromatic nitrogens is 1. The van der Waals surface area contributed by atoms with Gasteiger partial charge in [0.2, 0.25) is 0 Å². The average Bonchev–Trinajstić information content (AvgIpc) is 3.01. The zero-order chi connectivity index (χ0) is 17.1. The van der Waals surface area contributed by atoms with Crippen molar-refractivity contribution in [2.24, 2.45) is 0 Å². The first-order valence-electron chi connectivity index (χ1n) is 8.54. The van der Waals surface area contributed by atoms with Crippen molar-refractivity contribution in [1.82, 2.24) is 4.57 Å². The van der Waals surface area contributed by atoms with Crippen LogP contribution in [0.2, 0.25) is 0 Å². The second kappa shape index (κ2) is 6.78. The molecular weight excluding hydrogens is 306 g/mol. The molecule has 25 heavy (non-hydrogen) atoms. The van der Waals surface area contributed by atoms with Gasteiger partial charge in [-0.1, -0.05) is 78.9 Å². The quantitative estimate of drug-likeness (QED) is 0.453. The minimum Gasteiger partial charge on any atom is -0.340 e. The summed E-state index contributed by atoms with van der Waals surface area (Å²) in [6, 6.07) is 28.8. The van der Waals surface area contributed by atoms with Gasteiger partial charge in [-0.05, 0) is 23.6 Å². The normalized spacial score (nSPS) is 10.9. The fourth-order valence-corrected chi connectivity index (χ4v) is 3.47. The second-order valence-electron chi connectivity index (χ2n) is 6.15. The first-order valence-corrected chi connectivity index (χ1v) is 8.54. The number of nitrogens with zero attached hydrogens (tertiary/aromatic N) is 1. The summed E-state index contributed by atoms with van der Waals surface area (Å²) in [6.45, 7) is 0.836. The summed E-state index contributed by atoms with van der Waals surface area (Å²) >= 11 is 0. The molecule has 0 bridgehead atoms. The Bertz CT molecular complexity index is 1000. The van der Waals surface area contributed by atoms with E-state index in [0.29, 0.717) is 0 Å². The van der Waals surface area contributed by atoms with E-state index in [2.05, 4.69) is 47.0 Å². The average molecular weight is 325 g/mol. The molecular formula is C23H19NO. The molecule has 0 saturated carbocycles. The van der Waals surface area contributed by atoms with Crippen LogP contribution in [0.3, 0.4) is 0 Å². The standard InChI is InChI=1S/C23H19NO/c25-17-21-20-13-7-8-14-22(20)24(16-15-18-9-3-1-4-10-18)23(21)19-11-5-2-6-12-19/h1-14,17H,15-16H2. The Hall–Kier alpha value is -3.13. The number of benzene rings is 3. The molecule has 4 rings (SSSR count). The summed E-state index contributed by atoms with van der Waals surface area (Å²) in [5.74, 6) is 0. The predicted octanol–water partition coefficient (Wildman–Crippen LogP) is 5.36. The van der Waals surface area contributed by atoms with Gasteiger partial charge < -0.3 is 4.57 Å². The number of carbonyl (C=O) groups is 1. The van der Waals surface area contributed by atoms with Gasteiger partial charge in [0.05, 0.1) is 5.69 Å². The molecule has 0 spiro atoms. The van der Waals surface area contributed by atoms with Crippen LogP contribution >= 0.6 is 0 Å². The number of hydrogen-bond acceptors (Lipinski definition) is 1. The van der Waals surface area contributed by atoms with Crippen LogP contribution in [0, 0.1) is 0 Å². The molecule has 0 radical (unpaired) electrons. The van der Waals surface area contributed by atoms with E-state index >= 15 is 0 Å². The highest BCUT2D eigenvalue weighted by molar-refractivity contribution is 6.05. The SMILES string of the molecule is O=Cc1c(-c2ccccc2)n(CCc2ccccc2)c2ccccc12. The maximum atomic E-state index is 11.9. The predicted molar refractivity (Wildman–Crippen MR) is 103 cm³/mol. The van der Waals surface area contributed by atoms with E-state index in [9.17, 15) is 4.79 Å². The number of hydrogen-bond donors (Lipinski definition) is 0. The Morgan fingerprint density at radius 1 is 0.760 bits per heavy atom. The molecule has 122 valence electrons. The van der Waals surface area contributed by atoms with Crippen LogP contribution in [0.25, 0.3) is 22.2 Å². The molecule has 0 N–H and O–H groups in total. The van der Waals surface area contributed by atoms with Crippen LogP contribution in [0.5, 0.6) is 0 Å². The smallest absolute Gasteiger partial charge is 0.152 e. The third-order valence-electron chi connectivity index (χ3n) is 4.64. The van der Waals surface area contributed by atoms with Crippen LogP contribution in [0.4, 0.5) is 0 Å². The molecule has 0 aliphatic carbocycles. The Morgan fingerprint density at radius 3 is 2.12 bits per heavy atom. The molecule has 0 amide bonds. The Morgan fingerprint density at radius 2 is 1.40 bits per heavy atom. The molecule has 0 fully saturated rings. The van der Waals surface area contributed by atoms with Crippen molar-refractivity contribution in [3.8, 4) is 11.3 Å². The lowest BCUT2D eigenvalue weighted by Gasteiger charge is -2.12. The highest BCUT2D eigenvalue weighted by Crippen LogP contribution is 2.33. The Labute approximate surface area is 147 Å². The Balaban J connectivity index is 1.87. The number of aldehydes is 1. The molecule has 0 aliphatic heterocycles. The monoisotopic (exact) mass is 325 g/mol. The largest absolute Gasteiger partial charge is 0.340 e. The lowest BCUT2D eigenvalue weighted by atomic mass is 10.1. The van der Waals surface area contributed by atoms with Gasteiger partial charge in [-0.3, -0.25) is 4.79 Å². The summed E-state index contributed by atoms with van der Waals surface area (Å²) in [6.07, 6.45) is 1.92. The van der Waals surface area contributed by atoms with E-state index < -0.39 is 0 Å². The van der Waals surface area contributed by atoms with Gasteiger partial charge in [-0.2, -0.15) is 0 Å². The minimum atomic E-state index is 0.773. The fraction of sp³-hybridized carbons (Fsp3) is 0.0870. The van der Waals surface area contributed by atoms with E-state index in [1.165, 1.54) is 5.56 Å². The van der Waals surface area contributed by atoms with Crippen molar-refractivity contribution in [2.45, 2.75) is 13.0 Å². The zero-order valence-corrected chi connectivity index (χ0v) is 13.9. The summed E-state index contributed by atoms with van der Waals surface area (Å²) in [4.78, 5) is 11.9. The summed E-state index contributed by atoms with van der Waals surface area (Å²) in [7, 11) is 0. The van der Waals surface area contributed by atoms with Gasteiger partial charge >= 0.3 is 0 Å². The van der Waals surface area contributed by atoms with Crippen molar-refractivity contribution in [3.63, 3.8) is 0 Å². The van der Waals surface area contributed by atoms with Crippen molar-refractivity contribution in [2.75, 3.05) is 0 Å². The number of rotatable bonds is 5. The molecule has 0 unspecified atom stereocenters. The summed E-state index contributed by atoms with van der Waals surface area (Å²) < 4.78 is 2.28. The van der Waals surface area contributed by atoms with Crippen LogP contribution in [0.1, 0.15) is 15.9 Å². The molecule has 1 aromatic heterocycles. The van der Waals surface area contributed by atoms with Gasteiger partial charge in [0, 0.05) is 23.0 Å². The highest BCUT2D eigenvalue weighted by atomic mass is 16.1. The molecule has 3 aromatic carbocycles. The van der Waals surface area contributed by atoms with Crippen molar-refractivity contribution >= 4 is 17.2 Å². The highest BCUT2D eigenvalue weighted by Gasteiger charge is 2.17. The first kappa shape index (κ1) is 15.4. The zero-order valence-electron chi connectivity index (χ0n) is 13.9. The van der Waals surface area contributed by atoms with Gasteiger partial charge in [0.15, 0.2) is 6.29 Å². The fourth-order valence-electron chi connectivity index (χ4n) is 3.47. The van der Waals surface area contributed by atoms with Crippen LogP contribution in [0.15, 0.2) is 84.9 Å². The van der Waals surface area contributed by atoms with Crippen molar-refractivity contribution < 1.29 is 4.79 Å². The van der Waals surface area contributed by atoms with Crippen LogP contribution in [-0.4, -0.2) is 10.9 Å². The van der Waals surface area contributed by atoms with Gasteiger partial charge in [-0.15, -0.1) is 0 Å². The molecule has 1 heterocycles. The summed E-state index contributed by atoms with van der Waals surface area (Å²) in [5.41, 5.74) is 5.27. The number of para-hydroxylation sites is 1. The third-order valence-corrected chi connectivity index (χ3v) is 4.64. The van der Waals surface area contributed by atoms with E-state index in [-0.39, 0.29) is 0 Å². The number of fused-ring (bicyclic) bond motifs is 1. The number of aryl methyl sites for hydroxylation is 2. The van der Waals surface area contributed by atoms with Crippen molar-refractivity contribution in [1.29, 1.82) is 0 Å². The van der Waals surface area contributed by atoms with Crippen molar-refractivity contribution in [3.05, 3.63) is 96.1 Å². The minimum absolute atomic E-state index is 0.773. The van der Waals surface area contributed by atoms with Gasteiger partial charge in [-0.25, -0.2) is 0 Å². The van der Waals surface area contributed by atoms with E-state index in [1.807, 2.05) is 42.5 Å². The summed E-state index contributed by atoms with van der Waals surface area (Å²) in [5, 5.41) is 1.02.